The molecule has 0 N–H and O–H groups in total. The second-order valence-electron chi connectivity index (χ2n) is 4.48. The van der Waals surface area contributed by atoms with Gasteiger partial charge in [-0.1, -0.05) is 16.8 Å². The largest absolute Gasteiger partial charge is 0.344 e. The van der Waals surface area contributed by atoms with Gasteiger partial charge in [0.2, 0.25) is 5.89 Å². The summed E-state index contributed by atoms with van der Waals surface area (Å²) < 4.78 is 18.9. The van der Waals surface area contributed by atoms with Gasteiger partial charge in [-0.25, -0.2) is 9.37 Å². The first-order valence-corrected chi connectivity index (χ1v) is 6.41. The van der Waals surface area contributed by atoms with E-state index in [1.54, 1.807) is 6.92 Å². The van der Waals surface area contributed by atoms with Crippen molar-refractivity contribution in [3.05, 3.63) is 34.8 Å². The highest BCUT2D eigenvalue weighted by Gasteiger charge is 2.32. The summed E-state index contributed by atoms with van der Waals surface area (Å²) in [4.78, 5) is 10.2. The Morgan fingerprint density at radius 3 is 3.05 bits per heavy atom. The van der Waals surface area contributed by atoms with E-state index in [0.29, 0.717) is 18.3 Å². The molecule has 2 aromatic heterocycles. The maximum absolute atomic E-state index is 13.9. The zero-order chi connectivity index (χ0) is 13.4. The van der Waals surface area contributed by atoms with Gasteiger partial charge in [0.05, 0.1) is 11.1 Å². The van der Waals surface area contributed by atoms with Crippen LogP contribution in [0.4, 0.5) is 10.2 Å². The van der Waals surface area contributed by atoms with Gasteiger partial charge >= 0.3 is 0 Å². The molecule has 1 saturated heterocycles. The molecule has 0 amide bonds. The van der Waals surface area contributed by atoms with Crippen molar-refractivity contribution < 1.29 is 8.91 Å². The molecular weight excluding hydrogens is 271 g/mol. The van der Waals surface area contributed by atoms with Crippen LogP contribution in [-0.2, 0) is 0 Å². The van der Waals surface area contributed by atoms with Gasteiger partial charge < -0.3 is 9.42 Å². The number of aromatic nitrogens is 3. The molecular formula is C12H12ClFN4O. The van der Waals surface area contributed by atoms with Crippen LogP contribution in [0.15, 0.2) is 16.8 Å². The number of hydrogen-bond acceptors (Lipinski definition) is 5. The molecule has 0 radical (unpaired) electrons. The molecule has 2 aromatic rings. The molecule has 1 fully saturated rings. The number of halogens is 2. The van der Waals surface area contributed by atoms with E-state index in [9.17, 15) is 4.39 Å². The fourth-order valence-electron chi connectivity index (χ4n) is 2.36. The third-order valence-electron chi connectivity index (χ3n) is 3.15. The molecule has 0 bridgehead atoms. The van der Waals surface area contributed by atoms with Crippen LogP contribution in [0.1, 0.15) is 30.6 Å². The molecule has 3 heterocycles. The Balaban J connectivity index is 1.95. The summed E-state index contributed by atoms with van der Waals surface area (Å²) >= 11 is 5.72. The van der Waals surface area contributed by atoms with Gasteiger partial charge in [-0.05, 0) is 18.9 Å². The Bertz CT molecular complexity index is 603. The van der Waals surface area contributed by atoms with Crippen molar-refractivity contribution in [3.8, 4) is 0 Å². The van der Waals surface area contributed by atoms with Crippen molar-refractivity contribution in [3.63, 3.8) is 0 Å². The molecule has 3 rings (SSSR count). The van der Waals surface area contributed by atoms with Crippen LogP contribution >= 0.6 is 11.6 Å². The Morgan fingerprint density at radius 1 is 1.53 bits per heavy atom. The van der Waals surface area contributed by atoms with E-state index in [0.717, 1.165) is 12.8 Å². The molecule has 1 aliphatic heterocycles. The lowest BCUT2D eigenvalue weighted by molar-refractivity contribution is 0.383. The van der Waals surface area contributed by atoms with E-state index >= 15 is 0 Å². The fraction of sp³-hybridized carbons (Fsp3) is 0.417. The molecule has 0 saturated carbocycles. The number of nitrogens with zero attached hydrogens (tertiary/aromatic N) is 4. The molecule has 7 heteroatoms. The predicted octanol–water partition coefficient (Wildman–Crippen LogP) is 2.91. The smallest absolute Gasteiger partial charge is 0.223 e. The number of pyridine rings is 1. The van der Waals surface area contributed by atoms with E-state index in [2.05, 4.69) is 15.1 Å². The van der Waals surface area contributed by atoms with E-state index in [4.69, 9.17) is 16.1 Å². The average Bonchev–Trinajstić information content (AvgIpc) is 2.97. The first-order valence-electron chi connectivity index (χ1n) is 6.03. The van der Waals surface area contributed by atoms with E-state index < -0.39 is 5.82 Å². The molecule has 0 aliphatic carbocycles. The number of anilines is 1. The third-order valence-corrected chi connectivity index (χ3v) is 3.36. The van der Waals surface area contributed by atoms with E-state index in [-0.39, 0.29) is 16.9 Å². The Hall–Kier alpha value is -1.69. The van der Waals surface area contributed by atoms with Crippen LogP contribution in [0.2, 0.25) is 5.02 Å². The molecule has 100 valence electrons. The average molecular weight is 283 g/mol. The van der Waals surface area contributed by atoms with Gasteiger partial charge in [0.25, 0.3) is 0 Å². The van der Waals surface area contributed by atoms with E-state index in [1.165, 1.54) is 12.3 Å². The van der Waals surface area contributed by atoms with Gasteiger partial charge in [-0.2, -0.15) is 4.98 Å². The van der Waals surface area contributed by atoms with Crippen molar-refractivity contribution in [1.29, 1.82) is 0 Å². The van der Waals surface area contributed by atoms with Gasteiger partial charge in [-0.3, -0.25) is 0 Å². The monoisotopic (exact) mass is 282 g/mol. The molecule has 1 atom stereocenters. The van der Waals surface area contributed by atoms with Crippen LogP contribution < -0.4 is 4.90 Å². The normalized spacial score (nSPS) is 19.1. The van der Waals surface area contributed by atoms with Gasteiger partial charge in [-0.15, -0.1) is 0 Å². The molecule has 19 heavy (non-hydrogen) atoms. The highest BCUT2D eigenvalue weighted by molar-refractivity contribution is 6.30. The summed E-state index contributed by atoms with van der Waals surface area (Å²) in [7, 11) is 0. The number of hydrogen-bond donors (Lipinski definition) is 0. The quantitative estimate of drug-likeness (QED) is 0.848. The van der Waals surface area contributed by atoms with Crippen LogP contribution in [0.3, 0.4) is 0 Å². The highest BCUT2D eigenvalue weighted by atomic mass is 35.5. The molecule has 5 nitrogen and oxygen atoms in total. The van der Waals surface area contributed by atoms with Crippen LogP contribution in [-0.4, -0.2) is 21.7 Å². The lowest BCUT2D eigenvalue weighted by Crippen LogP contribution is -2.25. The minimum absolute atomic E-state index is 0.0966. The first-order chi connectivity index (χ1) is 9.15. The molecule has 0 spiro atoms. The minimum atomic E-state index is -0.431. The Morgan fingerprint density at radius 2 is 2.37 bits per heavy atom. The van der Waals surface area contributed by atoms with E-state index in [1.807, 2.05) is 4.90 Å². The summed E-state index contributed by atoms with van der Waals surface area (Å²) in [5, 5.41) is 4.20. The fourth-order valence-corrected chi connectivity index (χ4v) is 2.50. The van der Waals surface area contributed by atoms with Crippen molar-refractivity contribution in [2.24, 2.45) is 0 Å². The number of aryl methyl sites for hydroxylation is 1. The zero-order valence-electron chi connectivity index (χ0n) is 10.3. The van der Waals surface area contributed by atoms with Gasteiger partial charge in [0, 0.05) is 19.7 Å². The van der Waals surface area contributed by atoms with Gasteiger partial charge in [0.1, 0.15) is 0 Å². The molecule has 0 aromatic carbocycles. The van der Waals surface area contributed by atoms with Crippen molar-refractivity contribution in [1.82, 2.24) is 15.1 Å². The SMILES string of the molecule is Cc1nc([C@@H]2CCCN2c2ncc(Cl)cc2F)no1. The van der Waals surface area contributed by atoms with Crippen molar-refractivity contribution in [2.45, 2.75) is 25.8 Å². The lowest BCUT2D eigenvalue weighted by atomic mass is 10.2. The summed E-state index contributed by atoms with van der Waals surface area (Å²) in [5.41, 5.74) is 0. The summed E-state index contributed by atoms with van der Waals surface area (Å²) in [6.45, 7) is 2.45. The summed E-state index contributed by atoms with van der Waals surface area (Å²) in [5.74, 6) is 0.937. The minimum Gasteiger partial charge on any atom is -0.344 e. The zero-order valence-corrected chi connectivity index (χ0v) is 11.1. The topological polar surface area (TPSA) is 55.1 Å². The summed E-state index contributed by atoms with van der Waals surface area (Å²) in [6.07, 6.45) is 3.22. The van der Waals surface area contributed by atoms with Crippen molar-refractivity contribution in [2.75, 3.05) is 11.4 Å². The highest BCUT2D eigenvalue weighted by Crippen LogP contribution is 2.35. The molecule has 0 unspecified atom stereocenters. The molecule has 1 aliphatic rings. The second kappa shape index (κ2) is 4.77. The summed E-state index contributed by atoms with van der Waals surface area (Å²) in [6, 6.07) is 1.17. The number of rotatable bonds is 2. The second-order valence-corrected chi connectivity index (χ2v) is 4.92. The Kier molecular flexibility index (Phi) is 3.10. The Labute approximate surface area is 114 Å². The van der Waals surface area contributed by atoms with Crippen LogP contribution in [0.5, 0.6) is 0 Å². The van der Waals surface area contributed by atoms with Crippen molar-refractivity contribution >= 4 is 17.4 Å². The standard InChI is InChI=1S/C12H12ClFN4O/c1-7-16-11(17-19-7)10-3-2-4-18(10)12-9(14)5-8(13)6-15-12/h5-6,10H,2-4H2,1H3/t10-/m0/s1. The maximum atomic E-state index is 13.9. The first kappa shape index (κ1) is 12.3. The third kappa shape index (κ3) is 2.28. The maximum Gasteiger partial charge on any atom is 0.223 e. The predicted molar refractivity (Wildman–Crippen MR) is 67.6 cm³/mol. The van der Waals surface area contributed by atoms with Crippen LogP contribution in [0, 0.1) is 12.7 Å². The van der Waals surface area contributed by atoms with Gasteiger partial charge in [0.15, 0.2) is 17.5 Å². The van der Waals surface area contributed by atoms with Crippen LogP contribution in [0.25, 0.3) is 0 Å². The lowest BCUT2D eigenvalue weighted by Gasteiger charge is -2.23.